The van der Waals surface area contributed by atoms with Crippen LogP contribution >= 0.6 is 15.9 Å². The summed E-state index contributed by atoms with van der Waals surface area (Å²) in [4.78, 5) is 0. The Balaban J connectivity index is 1.65. The number of benzene rings is 6. The molecular weight excluding hydrogens is 500 g/mol. The largest absolute Gasteiger partial charge is 0.0713 e. The van der Waals surface area contributed by atoms with Crippen molar-refractivity contribution < 1.29 is 0 Å². The molecule has 0 nitrogen and oxygen atoms in total. The van der Waals surface area contributed by atoms with Gasteiger partial charge in [-0.3, -0.25) is 0 Å². The van der Waals surface area contributed by atoms with Crippen LogP contribution in [0.15, 0.2) is 144 Å². The summed E-state index contributed by atoms with van der Waals surface area (Å²) in [6.07, 6.45) is 0. The molecule has 6 aromatic rings. The van der Waals surface area contributed by atoms with Crippen LogP contribution in [-0.4, -0.2) is 0 Å². The lowest BCUT2D eigenvalue weighted by molar-refractivity contribution is 0.750. The number of hydrogen-bond acceptors (Lipinski definition) is 0. The van der Waals surface area contributed by atoms with Gasteiger partial charge in [-0.1, -0.05) is 137 Å². The molecule has 0 aromatic heterocycles. The smallest absolute Gasteiger partial charge is 0.0622 e. The summed E-state index contributed by atoms with van der Waals surface area (Å²) in [5.41, 5.74) is 9.89. The summed E-state index contributed by atoms with van der Waals surface area (Å²) in [6, 6.07) is 51.2. The first-order valence-corrected chi connectivity index (χ1v) is 13.1. The zero-order valence-electron chi connectivity index (χ0n) is 19.7. The number of fused-ring (bicyclic) bond motifs is 2. The van der Waals surface area contributed by atoms with Crippen LogP contribution in [0.25, 0.3) is 33.0 Å². The van der Waals surface area contributed by atoms with E-state index in [0.717, 1.165) is 4.47 Å². The molecule has 0 saturated carbocycles. The maximum absolute atomic E-state index is 3.58. The van der Waals surface area contributed by atoms with Crippen molar-refractivity contribution in [2.75, 3.05) is 0 Å². The monoisotopic (exact) mass is 522 g/mol. The molecule has 0 radical (unpaired) electrons. The Morgan fingerprint density at radius 2 is 1.06 bits per heavy atom. The van der Waals surface area contributed by atoms with Crippen LogP contribution in [0.2, 0.25) is 0 Å². The maximum atomic E-state index is 3.58. The highest BCUT2D eigenvalue weighted by molar-refractivity contribution is 9.10. The van der Waals surface area contributed by atoms with E-state index in [4.69, 9.17) is 0 Å². The zero-order valence-corrected chi connectivity index (χ0v) is 21.2. The van der Waals surface area contributed by atoms with Gasteiger partial charge in [0.1, 0.15) is 0 Å². The molecule has 0 N–H and O–H groups in total. The molecule has 36 heavy (non-hydrogen) atoms. The molecule has 0 fully saturated rings. The van der Waals surface area contributed by atoms with Crippen molar-refractivity contribution in [3.05, 3.63) is 166 Å². The van der Waals surface area contributed by atoms with Crippen molar-refractivity contribution in [1.82, 2.24) is 0 Å². The molecule has 0 aliphatic heterocycles. The second kappa shape index (κ2) is 8.33. The van der Waals surface area contributed by atoms with Gasteiger partial charge >= 0.3 is 0 Å². The Morgan fingerprint density at radius 1 is 0.444 bits per heavy atom. The first-order valence-electron chi connectivity index (χ1n) is 12.3. The van der Waals surface area contributed by atoms with Crippen LogP contribution < -0.4 is 0 Å². The SMILES string of the molecule is Brc1ccc(-c2ccc3c(c2)-c2cccc4cccc(c24)C3(c2ccccc2)c2ccccc2)cc1. The van der Waals surface area contributed by atoms with Gasteiger partial charge in [0.15, 0.2) is 0 Å². The Labute approximate surface area is 220 Å². The molecule has 0 unspecified atom stereocenters. The average molecular weight is 523 g/mol. The molecule has 7 rings (SSSR count). The van der Waals surface area contributed by atoms with Crippen LogP contribution in [0.1, 0.15) is 22.3 Å². The van der Waals surface area contributed by atoms with Gasteiger partial charge in [0.25, 0.3) is 0 Å². The van der Waals surface area contributed by atoms with Gasteiger partial charge in [-0.05, 0) is 73.5 Å². The minimum atomic E-state index is -0.413. The fraction of sp³-hybridized carbons (Fsp3) is 0.0286. The van der Waals surface area contributed by atoms with Crippen LogP contribution in [0.4, 0.5) is 0 Å². The van der Waals surface area contributed by atoms with Gasteiger partial charge < -0.3 is 0 Å². The molecule has 0 spiro atoms. The topological polar surface area (TPSA) is 0 Å². The van der Waals surface area contributed by atoms with Crippen LogP contribution in [0.3, 0.4) is 0 Å². The summed E-state index contributed by atoms with van der Waals surface area (Å²) >= 11 is 3.58. The summed E-state index contributed by atoms with van der Waals surface area (Å²) in [7, 11) is 0. The van der Waals surface area contributed by atoms with Crippen molar-refractivity contribution in [2.24, 2.45) is 0 Å². The number of halogens is 1. The standard InChI is InChI=1S/C35H23Br/c36-29-20-17-24(18-21-29)26-19-22-32-31(23-26)30-15-7-9-25-10-8-16-33(34(25)30)35(32,27-11-3-1-4-12-27)28-13-5-2-6-14-28/h1-23H. The molecule has 0 amide bonds. The van der Waals surface area contributed by atoms with Gasteiger partial charge in [0, 0.05) is 4.47 Å². The Hall–Kier alpha value is -3.94. The van der Waals surface area contributed by atoms with Crippen LogP contribution in [-0.2, 0) is 5.41 Å². The second-order valence-corrected chi connectivity index (χ2v) is 10.4. The van der Waals surface area contributed by atoms with Gasteiger partial charge in [-0.2, -0.15) is 0 Å². The third-order valence-electron chi connectivity index (χ3n) is 7.61. The van der Waals surface area contributed by atoms with E-state index in [2.05, 4.69) is 155 Å². The minimum absolute atomic E-state index is 0.413. The highest BCUT2D eigenvalue weighted by Crippen LogP contribution is 2.55. The Bertz CT molecular complexity index is 1670. The van der Waals surface area contributed by atoms with E-state index in [9.17, 15) is 0 Å². The van der Waals surface area contributed by atoms with E-state index < -0.39 is 5.41 Å². The molecule has 1 heteroatoms. The van der Waals surface area contributed by atoms with E-state index in [0.29, 0.717) is 0 Å². The van der Waals surface area contributed by atoms with Crippen molar-refractivity contribution in [3.8, 4) is 22.3 Å². The third-order valence-corrected chi connectivity index (χ3v) is 8.14. The first kappa shape index (κ1) is 21.4. The molecule has 1 aliphatic carbocycles. The van der Waals surface area contributed by atoms with E-state index in [1.165, 1.54) is 55.3 Å². The van der Waals surface area contributed by atoms with Gasteiger partial charge in [-0.25, -0.2) is 0 Å². The molecule has 170 valence electrons. The minimum Gasteiger partial charge on any atom is -0.0622 e. The lowest BCUT2D eigenvalue weighted by Gasteiger charge is -2.42. The molecular formula is C35H23Br. The second-order valence-electron chi connectivity index (χ2n) is 9.46. The van der Waals surface area contributed by atoms with E-state index >= 15 is 0 Å². The Morgan fingerprint density at radius 3 is 1.72 bits per heavy atom. The molecule has 1 aliphatic rings. The molecule has 0 saturated heterocycles. The van der Waals surface area contributed by atoms with Gasteiger partial charge in [-0.15, -0.1) is 0 Å². The first-order chi connectivity index (χ1) is 17.8. The fourth-order valence-electron chi connectivity index (χ4n) is 6.10. The van der Waals surface area contributed by atoms with E-state index in [-0.39, 0.29) is 0 Å². The van der Waals surface area contributed by atoms with E-state index in [1.54, 1.807) is 0 Å². The lowest BCUT2D eigenvalue weighted by atomic mass is 9.59. The van der Waals surface area contributed by atoms with Crippen molar-refractivity contribution >= 4 is 26.7 Å². The van der Waals surface area contributed by atoms with Crippen molar-refractivity contribution in [3.63, 3.8) is 0 Å². The predicted octanol–water partition coefficient (Wildman–Crippen LogP) is 9.63. The Kier molecular flexibility index (Phi) is 4.94. The maximum Gasteiger partial charge on any atom is 0.0713 e. The van der Waals surface area contributed by atoms with Crippen molar-refractivity contribution in [2.45, 2.75) is 5.41 Å². The quantitative estimate of drug-likeness (QED) is 0.216. The summed E-state index contributed by atoms with van der Waals surface area (Å²) in [5.74, 6) is 0. The van der Waals surface area contributed by atoms with Crippen LogP contribution in [0, 0.1) is 0 Å². The predicted molar refractivity (Wildman–Crippen MR) is 154 cm³/mol. The summed E-state index contributed by atoms with van der Waals surface area (Å²) < 4.78 is 1.09. The zero-order chi connectivity index (χ0) is 24.1. The van der Waals surface area contributed by atoms with Gasteiger partial charge in [0.2, 0.25) is 0 Å². The van der Waals surface area contributed by atoms with Crippen molar-refractivity contribution in [1.29, 1.82) is 0 Å². The molecule has 0 heterocycles. The number of hydrogen-bond donors (Lipinski definition) is 0. The fourth-order valence-corrected chi connectivity index (χ4v) is 6.37. The average Bonchev–Trinajstić information content (AvgIpc) is 2.95. The van der Waals surface area contributed by atoms with Gasteiger partial charge in [0.05, 0.1) is 5.41 Å². The van der Waals surface area contributed by atoms with Crippen LogP contribution in [0.5, 0.6) is 0 Å². The molecule has 0 bridgehead atoms. The highest BCUT2D eigenvalue weighted by atomic mass is 79.9. The summed E-state index contributed by atoms with van der Waals surface area (Å²) in [6.45, 7) is 0. The molecule has 6 aromatic carbocycles. The summed E-state index contributed by atoms with van der Waals surface area (Å²) in [5, 5.41) is 2.62. The highest BCUT2D eigenvalue weighted by Gasteiger charge is 2.44. The van der Waals surface area contributed by atoms with E-state index in [1.807, 2.05) is 0 Å². The normalized spacial score (nSPS) is 13.4. The number of rotatable bonds is 3. The lowest BCUT2D eigenvalue weighted by Crippen LogP contribution is -2.33. The molecule has 0 atom stereocenters. The third kappa shape index (κ3) is 3.06.